The normalized spacial score (nSPS) is 11.8. The first-order valence-corrected chi connectivity index (χ1v) is 6.34. The maximum atomic E-state index is 11.8. The van der Waals surface area contributed by atoms with Gasteiger partial charge in [-0.2, -0.15) is 0 Å². The summed E-state index contributed by atoms with van der Waals surface area (Å²) in [6.45, 7) is 0. The minimum Gasteiger partial charge on any atom is -0.465 e. The third-order valence-electron chi connectivity index (χ3n) is 2.77. The Hall–Kier alpha value is -1.79. The van der Waals surface area contributed by atoms with Gasteiger partial charge in [-0.1, -0.05) is 23.7 Å². The number of carbonyl (C=O) groups is 2. The van der Waals surface area contributed by atoms with Gasteiger partial charge in [0.1, 0.15) is 0 Å². The summed E-state index contributed by atoms with van der Waals surface area (Å²) >= 11 is 5.79. The largest absolute Gasteiger partial charge is 0.465 e. The summed E-state index contributed by atoms with van der Waals surface area (Å²) in [4.78, 5) is 27.3. The van der Waals surface area contributed by atoms with Gasteiger partial charge in [-0.25, -0.2) is 9.86 Å². The van der Waals surface area contributed by atoms with Crippen molar-refractivity contribution >= 4 is 23.6 Å². The van der Waals surface area contributed by atoms with Gasteiger partial charge in [0.05, 0.1) is 7.11 Å². The Morgan fingerprint density at radius 1 is 1.40 bits per heavy atom. The van der Waals surface area contributed by atoms with Crippen LogP contribution in [0.3, 0.4) is 0 Å². The third-order valence-corrected chi connectivity index (χ3v) is 3.02. The molecule has 0 saturated heterocycles. The predicted octanol–water partition coefficient (Wildman–Crippen LogP) is 1.93. The number of carbonyl (C=O) groups excluding carboxylic acids is 1. The Morgan fingerprint density at radius 2 is 2.00 bits per heavy atom. The van der Waals surface area contributed by atoms with Crippen LogP contribution in [0.4, 0.5) is 4.79 Å². The second kappa shape index (κ2) is 7.72. The van der Waals surface area contributed by atoms with Crippen LogP contribution in [0.25, 0.3) is 0 Å². The third kappa shape index (κ3) is 5.46. The minimum absolute atomic E-state index is 0.0132. The van der Waals surface area contributed by atoms with Crippen molar-refractivity contribution < 1.29 is 19.5 Å². The molecule has 20 heavy (non-hydrogen) atoms. The number of benzene rings is 1. The van der Waals surface area contributed by atoms with Gasteiger partial charge < -0.3 is 10.4 Å². The summed E-state index contributed by atoms with van der Waals surface area (Å²) in [5.74, 6) is -0.305. The number of nitrogens with one attached hydrogen (secondary N) is 1. The van der Waals surface area contributed by atoms with Crippen molar-refractivity contribution in [3.05, 3.63) is 34.9 Å². The lowest BCUT2D eigenvalue weighted by atomic mass is 10.0. The number of hydrogen-bond acceptors (Lipinski definition) is 3. The molecule has 2 amide bonds. The molecule has 1 aromatic carbocycles. The lowest BCUT2D eigenvalue weighted by Gasteiger charge is -2.20. The average molecular weight is 301 g/mol. The van der Waals surface area contributed by atoms with Gasteiger partial charge in [0.25, 0.3) is 0 Å². The minimum atomic E-state index is -1.17. The van der Waals surface area contributed by atoms with E-state index in [1.54, 1.807) is 24.3 Å². The van der Waals surface area contributed by atoms with Crippen LogP contribution in [0.5, 0.6) is 0 Å². The van der Waals surface area contributed by atoms with Gasteiger partial charge >= 0.3 is 6.09 Å². The first-order valence-electron chi connectivity index (χ1n) is 5.97. The van der Waals surface area contributed by atoms with Gasteiger partial charge in [-0.15, -0.1) is 0 Å². The number of halogens is 1. The number of rotatable bonds is 6. The van der Waals surface area contributed by atoms with Crippen molar-refractivity contribution in [1.29, 1.82) is 0 Å². The molecule has 7 heteroatoms. The maximum Gasteiger partial charge on any atom is 0.404 e. The Labute approximate surface area is 122 Å². The topological polar surface area (TPSA) is 78.9 Å². The molecule has 110 valence electrons. The summed E-state index contributed by atoms with van der Waals surface area (Å²) in [6, 6.07) is 6.50. The molecule has 0 saturated carbocycles. The zero-order valence-electron chi connectivity index (χ0n) is 11.3. The van der Waals surface area contributed by atoms with E-state index in [-0.39, 0.29) is 12.3 Å². The predicted molar refractivity (Wildman–Crippen MR) is 74.5 cm³/mol. The van der Waals surface area contributed by atoms with Crippen molar-refractivity contribution in [3.8, 4) is 0 Å². The van der Waals surface area contributed by atoms with Crippen molar-refractivity contribution in [3.63, 3.8) is 0 Å². The van der Waals surface area contributed by atoms with Crippen LogP contribution in [0.2, 0.25) is 5.02 Å². The number of carboxylic acid groups (broad SMARTS) is 1. The number of nitrogens with zero attached hydrogens (tertiary/aromatic N) is 1. The number of amides is 2. The SMILES string of the molecule is CON(C)C(=O)CC(Cc1ccc(Cl)cc1)NC(=O)O. The lowest BCUT2D eigenvalue weighted by Crippen LogP contribution is -2.40. The summed E-state index contributed by atoms with van der Waals surface area (Å²) in [5, 5.41) is 12.8. The van der Waals surface area contributed by atoms with Crippen LogP contribution in [-0.4, -0.2) is 42.4 Å². The van der Waals surface area contributed by atoms with E-state index >= 15 is 0 Å². The molecule has 1 rings (SSSR count). The quantitative estimate of drug-likeness (QED) is 0.787. The van der Waals surface area contributed by atoms with Crippen molar-refractivity contribution in [1.82, 2.24) is 10.4 Å². The Balaban J connectivity index is 2.71. The van der Waals surface area contributed by atoms with E-state index in [2.05, 4.69) is 5.32 Å². The summed E-state index contributed by atoms with van der Waals surface area (Å²) in [6.07, 6.45) is -0.761. The highest BCUT2D eigenvalue weighted by atomic mass is 35.5. The van der Waals surface area contributed by atoms with Crippen LogP contribution in [0, 0.1) is 0 Å². The fourth-order valence-electron chi connectivity index (χ4n) is 1.70. The zero-order valence-corrected chi connectivity index (χ0v) is 12.1. The molecule has 0 bridgehead atoms. The van der Waals surface area contributed by atoms with E-state index in [1.807, 2.05) is 0 Å². The Morgan fingerprint density at radius 3 is 2.50 bits per heavy atom. The fourth-order valence-corrected chi connectivity index (χ4v) is 1.82. The van der Waals surface area contributed by atoms with Crippen molar-refractivity contribution in [2.75, 3.05) is 14.2 Å². The molecule has 0 aliphatic rings. The van der Waals surface area contributed by atoms with Gasteiger partial charge in [-0.3, -0.25) is 9.63 Å². The zero-order chi connectivity index (χ0) is 15.1. The molecule has 1 atom stereocenters. The maximum absolute atomic E-state index is 11.8. The molecular weight excluding hydrogens is 284 g/mol. The molecule has 0 aromatic heterocycles. The van der Waals surface area contributed by atoms with E-state index in [0.717, 1.165) is 10.6 Å². The van der Waals surface area contributed by atoms with E-state index in [9.17, 15) is 9.59 Å². The molecule has 1 aromatic rings. The first kappa shape index (κ1) is 16.3. The average Bonchev–Trinajstić information content (AvgIpc) is 2.39. The van der Waals surface area contributed by atoms with Gasteiger partial charge in [0, 0.05) is 24.5 Å². The second-order valence-corrected chi connectivity index (χ2v) is 4.69. The molecule has 0 fully saturated rings. The smallest absolute Gasteiger partial charge is 0.404 e. The van der Waals surface area contributed by atoms with Crippen LogP contribution < -0.4 is 5.32 Å². The number of hydrogen-bond donors (Lipinski definition) is 2. The highest BCUT2D eigenvalue weighted by Crippen LogP contribution is 2.12. The highest BCUT2D eigenvalue weighted by Gasteiger charge is 2.19. The molecule has 1 unspecified atom stereocenters. The Kier molecular flexibility index (Phi) is 6.27. The monoisotopic (exact) mass is 300 g/mol. The van der Waals surface area contributed by atoms with Crippen LogP contribution >= 0.6 is 11.6 Å². The molecular formula is C13H17ClN2O4. The standard InChI is InChI=1S/C13H17ClN2O4/c1-16(20-2)12(17)8-11(15-13(18)19)7-9-3-5-10(14)6-4-9/h3-6,11,15H,7-8H2,1-2H3,(H,18,19). The number of hydroxylamine groups is 2. The fraction of sp³-hybridized carbons (Fsp3) is 0.385. The van der Waals surface area contributed by atoms with E-state index in [4.69, 9.17) is 21.5 Å². The van der Waals surface area contributed by atoms with Crippen LogP contribution in [0.1, 0.15) is 12.0 Å². The lowest BCUT2D eigenvalue weighted by molar-refractivity contribution is -0.169. The van der Waals surface area contributed by atoms with Gasteiger partial charge in [0.2, 0.25) is 5.91 Å². The molecule has 2 N–H and O–H groups in total. The van der Waals surface area contributed by atoms with Gasteiger partial charge in [-0.05, 0) is 24.1 Å². The second-order valence-electron chi connectivity index (χ2n) is 4.25. The summed E-state index contributed by atoms with van der Waals surface area (Å²) in [5.41, 5.74) is 0.890. The molecule has 0 radical (unpaired) electrons. The van der Waals surface area contributed by atoms with E-state index in [0.29, 0.717) is 11.4 Å². The van der Waals surface area contributed by atoms with Crippen LogP contribution in [-0.2, 0) is 16.1 Å². The van der Waals surface area contributed by atoms with E-state index < -0.39 is 12.1 Å². The molecule has 0 aliphatic heterocycles. The van der Waals surface area contributed by atoms with Gasteiger partial charge in [0.15, 0.2) is 0 Å². The summed E-state index contributed by atoms with van der Waals surface area (Å²) in [7, 11) is 2.85. The molecule has 0 spiro atoms. The molecule has 6 nitrogen and oxygen atoms in total. The summed E-state index contributed by atoms with van der Waals surface area (Å²) < 4.78 is 0. The highest BCUT2D eigenvalue weighted by molar-refractivity contribution is 6.30. The Bertz CT molecular complexity index is 464. The van der Waals surface area contributed by atoms with Crippen molar-refractivity contribution in [2.24, 2.45) is 0 Å². The first-order chi connectivity index (χ1) is 9.42. The van der Waals surface area contributed by atoms with Crippen LogP contribution in [0.15, 0.2) is 24.3 Å². The van der Waals surface area contributed by atoms with Crippen molar-refractivity contribution in [2.45, 2.75) is 18.9 Å². The molecule has 0 heterocycles. The van der Waals surface area contributed by atoms with E-state index in [1.165, 1.54) is 14.2 Å². The molecule has 0 aliphatic carbocycles.